The lowest BCUT2D eigenvalue weighted by Crippen LogP contribution is -2.03. The van der Waals surface area contributed by atoms with Gasteiger partial charge in [0.2, 0.25) is 0 Å². The molecule has 4 heteroatoms. The second-order valence-corrected chi connectivity index (χ2v) is 4.74. The average Bonchev–Trinajstić information content (AvgIpc) is 2.47. The van der Waals surface area contributed by atoms with Gasteiger partial charge in [0.15, 0.2) is 0 Å². The van der Waals surface area contributed by atoms with Crippen molar-refractivity contribution in [2.75, 3.05) is 6.61 Å². The van der Waals surface area contributed by atoms with Gasteiger partial charge in [-0.3, -0.25) is 4.79 Å². The van der Waals surface area contributed by atoms with E-state index in [0.29, 0.717) is 18.6 Å². The Bertz CT molecular complexity index is 354. The number of cyclic esters (lactones) is 1. The maximum Gasteiger partial charge on any atom is 0.333 e. The van der Waals surface area contributed by atoms with Crippen LogP contribution in [0.1, 0.15) is 20.3 Å². The number of allylic oxidation sites excluding steroid dienone is 1. The summed E-state index contributed by atoms with van der Waals surface area (Å²) < 4.78 is 4.80. The molecule has 1 saturated heterocycles. The molecule has 0 bridgehead atoms. The topological polar surface area (TPSA) is 63.6 Å². The lowest BCUT2D eigenvalue weighted by molar-refractivity contribution is -0.139. The van der Waals surface area contributed by atoms with Crippen molar-refractivity contribution in [1.29, 1.82) is 0 Å². The molecule has 1 aliphatic heterocycles. The van der Waals surface area contributed by atoms with E-state index in [1.54, 1.807) is 6.08 Å². The predicted molar refractivity (Wildman–Crippen MR) is 52.1 cm³/mol. The molecule has 2 rings (SSSR count). The summed E-state index contributed by atoms with van der Waals surface area (Å²) in [4.78, 5) is 22.1. The Morgan fingerprint density at radius 2 is 2.27 bits per heavy atom. The van der Waals surface area contributed by atoms with Gasteiger partial charge in [0, 0.05) is 12.0 Å². The Kier molecular flexibility index (Phi) is 2.10. The second kappa shape index (κ2) is 3.08. The van der Waals surface area contributed by atoms with Crippen LogP contribution in [0.15, 0.2) is 11.6 Å². The fourth-order valence-electron chi connectivity index (χ4n) is 2.28. The maximum absolute atomic E-state index is 11.2. The van der Waals surface area contributed by atoms with Gasteiger partial charge < -0.3 is 9.84 Å². The zero-order valence-corrected chi connectivity index (χ0v) is 8.82. The van der Waals surface area contributed by atoms with Gasteiger partial charge in [-0.1, -0.05) is 19.9 Å². The number of rotatable bonds is 2. The highest BCUT2D eigenvalue weighted by Gasteiger charge is 2.61. The number of hydrogen-bond donors (Lipinski definition) is 1. The lowest BCUT2D eigenvalue weighted by Gasteiger charge is -1.97. The van der Waals surface area contributed by atoms with Gasteiger partial charge in [0.05, 0.1) is 12.5 Å². The first-order chi connectivity index (χ1) is 6.94. The molecule has 0 radical (unpaired) electrons. The largest absolute Gasteiger partial charge is 0.481 e. The number of esters is 1. The number of ether oxygens (including phenoxy) is 1. The molecule has 0 amide bonds. The summed E-state index contributed by atoms with van der Waals surface area (Å²) in [6.07, 6.45) is 2.39. The molecule has 82 valence electrons. The SMILES string of the molecule is CC1(C)C(/C=C2/CCOC2=O)C1C(=O)O. The third kappa shape index (κ3) is 1.54. The minimum absolute atomic E-state index is 0.0318. The fourth-order valence-corrected chi connectivity index (χ4v) is 2.28. The van der Waals surface area contributed by atoms with Crippen LogP contribution in [0.5, 0.6) is 0 Å². The van der Waals surface area contributed by atoms with Gasteiger partial charge in [0.1, 0.15) is 0 Å². The van der Waals surface area contributed by atoms with Gasteiger partial charge in [-0.15, -0.1) is 0 Å². The highest BCUT2D eigenvalue weighted by Crippen LogP contribution is 2.59. The van der Waals surface area contributed by atoms with Crippen molar-refractivity contribution in [1.82, 2.24) is 0 Å². The van der Waals surface area contributed by atoms with Gasteiger partial charge in [0.25, 0.3) is 0 Å². The van der Waals surface area contributed by atoms with Gasteiger partial charge >= 0.3 is 11.9 Å². The zero-order valence-electron chi connectivity index (χ0n) is 8.82. The number of carboxylic acids is 1. The van der Waals surface area contributed by atoms with E-state index in [0.717, 1.165) is 0 Å². The van der Waals surface area contributed by atoms with Crippen LogP contribution in [0.4, 0.5) is 0 Å². The average molecular weight is 210 g/mol. The first-order valence-electron chi connectivity index (χ1n) is 5.05. The quantitative estimate of drug-likeness (QED) is 0.549. The van der Waals surface area contributed by atoms with E-state index in [4.69, 9.17) is 9.84 Å². The number of carboxylic acid groups (broad SMARTS) is 1. The molecule has 2 atom stereocenters. The maximum atomic E-state index is 11.2. The van der Waals surface area contributed by atoms with Crippen molar-refractivity contribution in [2.24, 2.45) is 17.3 Å². The molecule has 1 aliphatic carbocycles. The molecular weight excluding hydrogens is 196 g/mol. The van der Waals surface area contributed by atoms with Crippen molar-refractivity contribution in [3.05, 3.63) is 11.6 Å². The molecule has 0 aromatic rings. The minimum Gasteiger partial charge on any atom is -0.481 e. The highest BCUT2D eigenvalue weighted by atomic mass is 16.5. The summed E-state index contributed by atoms with van der Waals surface area (Å²) in [5.74, 6) is -1.47. The molecule has 4 nitrogen and oxygen atoms in total. The molecular formula is C11H14O4. The summed E-state index contributed by atoms with van der Waals surface area (Å²) >= 11 is 0. The van der Waals surface area contributed by atoms with E-state index in [-0.39, 0.29) is 23.2 Å². The Balaban J connectivity index is 2.15. The first kappa shape index (κ1) is 10.2. The molecule has 1 N–H and O–H groups in total. The Morgan fingerprint density at radius 1 is 1.60 bits per heavy atom. The molecule has 2 aliphatic rings. The summed E-state index contributed by atoms with van der Waals surface area (Å²) in [6, 6.07) is 0. The van der Waals surface area contributed by atoms with Gasteiger partial charge in [-0.25, -0.2) is 4.79 Å². The number of aliphatic carboxylic acids is 1. The van der Waals surface area contributed by atoms with E-state index in [1.807, 2.05) is 13.8 Å². The van der Waals surface area contributed by atoms with E-state index >= 15 is 0 Å². The number of carbonyl (C=O) groups excluding carboxylic acids is 1. The first-order valence-corrected chi connectivity index (χ1v) is 5.05. The van der Waals surface area contributed by atoms with E-state index in [1.165, 1.54) is 0 Å². The van der Waals surface area contributed by atoms with Crippen LogP contribution < -0.4 is 0 Å². The monoisotopic (exact) mass is 210 g/mol. The molecule has 1 saturated carbocycles. The molecule has 1 heterocycles. The Morgan fingerprint density at radius 3 is 2.67 bits per heavy atom. The summed E-state index contributed by atoms with van der Waals surface area (Å²) in [6.45, 7) is 4.25. The third-order valence-corrected chi connectivity index (χ3v) is 3.42. The lowest BCUT2D eigenvalue weighted by atomic mass is 10.1. The smallest absolute Gasteiger partial charge is 0.333 e. The van der Waals surface area contributed by atoms with Crippen LogP contribution >= 0.6 is 0 Å². The van der Waals surface area contributed by atoms with Crippen LogP contribution in [0.25, 0.3) is 0 Å². The molecule has 2 unspecified atom stereocenters. The minimum atomic E-state index is -0.784. The van der Waals surface area contributed by atoms with Crippen LogP contribution in [0.2, 0.25) is 0 Å². The van der Waals surface area contributed by atoms with Gasteiger partial charge in [-0.05, 0) is 11.3 Å². The van der Waals surface area contributed by atoms with E-state index in [2.05, 4.69) is 0 Å². The summed E-state index contributed by atoms with van der Waals surface area (Å²) in [5, 5.41) is 8.95. The Labute approximate surface area is 87.9 Å². The standard InChI is InChI=1S/C11H14O4/c1-11(2)7(8(11)9(12)13)5-6-3-4-15-10(6)14/h5,7-8H,3-4H2,1-2H3,(H,12,13)/b6-5-. The van der Waals surface area contributed by atoms with Crippen molar-refractivity contribution >= 4 is 11.9 Å². The van der Waals surface area contributed by atoms with Crippen LogP contribution in [0, 0.1) is 17.3 Å². The molecule has 0 spiro atoms. The van der Waals surface area contributed by atoms with Crippen molar-refractivity contribution in [2.45, 2.75) is 20.3 Å². The molecule has 0 aromatic carbocycles. The summed E-state index contributed by atoms with van der Waals surface area (Å²) in [7, 11) is 0. The normalized spacial score (nSPS) is 35.3. The molecule has 0 aromatic heterocycles. The van der Waals surface area contributed by atoms with E-state index < -0.39 is 5.97 Å². The van der Waals surface area contributed by atoms with Crippen LogP contribution in [-0.4, -0.2) is 23.7 Å². The molecule has 2 fully saturated rings. The van der Waals surface area contributed by atoms with Crippen molar-refractivity contribution in [3.8, 4) is 0 Å². The summed E-state index contributed by atoms with van der Waals surface area (Å²) in [5.41, 5.74) is 0.402. The number of hydrogen-bond acceptors (Lipinski definition) is 3. The van der Waals surface area contributed by atoms with Crippen molar-refractivity contribution < 1.29 is 19.4 Å². The predicted octanol–water partition coefficient (Wildman–Crippen LogP) is 1.22. The second-order valence-electron chi connectivity index (χ2n) is 4.74. The van der Waals surface area contributed by atoms with Crippen LogP contribution in [0.3, 0.4) is 0 Å². The van der Waals surface area contributed by atoms with Gasteiger partial charge in [-0.2, -0.15) is 0 Å². The third-order valence-electron chi connectivity index (χ3n) is 3.42. The van der Waals surface area contributed by atoms with Crippen molar-refractivity contribution in [3.63, 3.8) is 0 Å². The fraction of sp³-hybridized carbons (Fsp3) is 0.636. The Hall–Kier alpha value is -1.32. The van der Waals surface area contributed by atoms with Crippen LogP contribution in [-0.2, 0) is 14.3 Å². The number of carbonyl (C=O) groups is 2. The van der Waals surface area contributed by atoms with E-state index in [9.17, 15) is 9.59 Å². The molecule has 15 heavy (non-hydrogen) atoms. The highest BCUT2D eigenvalue weighted by molar-refractivity contribution is 5.90. The zero-order chi connectivity index (χ0) is 11.2.